The van der Waals surface area contributed by atoms with Crippen LogP contribution in [-0.2, 0) is 23.6 Å². The average molecular weight is 431 g/mol. The van der Waals surface area contributed by atoms with E-state index in [1.54, 1.807) is 43.0 Å². The van der Waals surface area contributed by atoms with Gasteiger partial charge in [-0.2, -0.15) is 5.10 Å². The third kappa shape index (κ3) is 3.65. The Balaban J connectivity index is 1.78. The van der Waals surface area contributed by atoms with Gasteiger partial charge in [0.25, 0.3) is 10.0 Å². The van der Waals surface area contributed by atoms with Gasteiger partial charge in [0.05, 0.1) is 17.9 Å². The topological polar surface area (TPSA) is 88.4 Å². The number of benzene rings is 2. The van der Waals surface area contributed by atoms with Crippen molar-refractivity contribution in [3.63, 3.8) is 0 Å². The van der Waals surface area contributed by atoms with Gasteiger partial charge in [0.2, 0.25) is 5.96 Å². The van der Waals surface area contributed by atoms with Crippen LogP contribution in [0.5, 0.6) is 0 Å². The number of guanidine groups is 1. The summed E-state index contributed by atoms with van der Waals surface area (Å²) >= 11 is 0. The summed E-state index contributed by atoms with van der Waals surface area (Å²) in [6.45, 7) is 1.74. The first kappa shape index (κ1) is 20.0. The molecule has 1 aliphatic rings. The molecule has 0 radical (unpaired) electrons. The molecule has 2 heterocycles. The number of anilines is 1. The number of nitrogens with zero attached hydrogens (tertiary/aromatic N) is 3. The molecule has 7 nitrogen and oxygen atoms in total. The van der Waals surface area contributed by atoms with Crippen LogP contribution in [0.2, 0.25) is 0 Å². The van der Waals surface area contributed by atoms with Gasteiger partial charge in [-0.1, -0.05) is 25.1 Å². The molecule has 0 aliphatic carbocycles. The second kappa shape index (κ2) is 7.52. The molecule has 1 aliphatic heterocycles. The van der Waals surface area contributed by atoms with E-state index in [0.29, 0.717) is 5.69 Å². The van der Waals surface area contributed by atoms with Gasteiger partial charge in [-0.05, 0) is 29.8 Å². The number of rotatable bonds is 4. The van der Waals surface area contributed by atoms with Crippen molar-refractivity contribution in [2.24, 2.45) is 12.0 Å². The van der Waals surface area contributed by atoms with Crippen LogP contribution >= 0.6 is 0 Å². The Morgan fingerprint density at radius 1 is 1.13 bits per heavy atom. The van der Waals surface area contributed by atoms with Gasteiger partial charge >= 0.3 is 0 Å². The molecule has 4 rings (SSSR count). The summed E-state index contributed by atoms with van der Waals surface area (Å²) in [6.07, 6.45) is 1.74. The lowest BCUT2D eigenvalue weighted by atomic mass is 9.91. The number of fused-ring (bicyclic) bond motifs is 1. The van der Waals surface area contributed by atoms with E-state index in [-0.39, 0.29) is 34.2 Å². The zero-order chi connectivity index (χ0) is 21.5. The molecule has 2 aromatic carbocycles. The number of aryl methyl sites for hydroxylation is 1. The Morgan fingerprint density at radius 3 is 2.60 bits per heavy atom. The van der Waals surface area contributed by atoms with Crippen molar-refractivity contribution in [2.75, 3.05) is 5.32 Å². The Kier molecular flexibility index (Phi) is 5.02. The van der Waals surface area contributed by atoms with Crippen LogP contribution < -0.4 is 10.0 Å². The maximum Gasteiger partial charge on any atom is 0.266 e. The molecule has 3 aromatic rings. The van der Waals surface area contributed by atoms with Crippen molar-refractivity contribution < 1.29 is 17.2 Å². The molecule has 0 fully saturated rings. The van der Waals surface area contributed by atoms with Gasteiger partial charge in [-0.3, -0.25) is 4.68 Å². The molecule has 1 atom stereocenters. The predicted octanol–water partition coefficient (Wildman–Crippen LogP) is 3.11. The van der Waals surface area contributed by atoms with Crippen molar-refractivity contribution in [1.29, 1.82) is 0 Å². The molecule has 0 saturated heterocycles. The zero-order valence-corrected chi connectivity index (χ0v) is 17.0. The first-order chi connectivity index (χ1) is 14.3. The van der Waals surface area contributed by atoms with Crippen LogP contribution in [0.1, 0.15) is 29.7 Å². The highest BCUT2D eigenvalue weighted by atomic mass is 32.2. The predicted molar refractivity (Wildman–Crippen MR) is 109 cm³/mol. The van der Waals surface area contributed by atoms with Crippen LogP contribution in [0.15, 0.2) is 58.5 Å². The normalized spacial score (nSPS) is 17.1. The number of aromatic nitrogens is 2. The average Bonchev–Trinajstić information content (AvgIpc) is 3.11. The van der Waals surface area contributed by atoms with E-state index in [1.807, 2.05) is 0 Å². The van der Waals surface area contributed by atoms with Gasteiger partial charge in [0.1, 0.15) is 16.5 Å². The van der Waals surface area contributed by atoms with Crippen LogP contribution in [0.25, 0.3) is 0 Å². The smallest absolute Gasteiger partial charge is 0.266 e. The van der Waals surface area contributed by atoms with Gasteiger partial charge in [-0.15, -0.1) is 0 Å². The first-order valence-corrected chi connectivity index (χ1v) is 10.6. The highest BCUT2D eigenvalue weighted by molar-refractivity contribution is 7.90. The van der Waals surface area contributed by atoms with E-state index in [4.69, 9.17) is 0 Å². The summed E-state index contributed by atoms with van der Waals surface area (Å²) in [5.41, 5.74) is 0.989. The van der Waals surface area contributed by atoms with Gasteiger partial charge in [-0.25, -0.2) is 26.9 Å². The minimum atomic E-state index is -3.98. The quantitative estimate of drug-likeness (QED) is 0.665. The second-order valence-electron chi connectivity index (χ2n) is 6.95. The molecule has 156 valence electrons. The lowest BCUT2D eigenvalue weighted by Gasteiger charge is -2.26. The molecule has 0 saturated carbocycles. The van der Waals surface area contributed by atoms with Crippen LogP contribution in [-0.4, -0.2) is 24.2 Å². The molecular weight excluding hydrogens is 412 g/mol. The Morgan fingerprint density at radius 2 is 1.90 bits per heavy atom. The standard InChI is InChI=1S/C20H19F2N5O2S/c1-12(14-5-3-4-6-15(14)21)18-16(22)7-8-17-19(18)24-20(26-30(17,28)29)23-11-13-9-10-27(2)25-13/h3-10,12H,11H2,1-2H3,(H2,23,24,26)/t12-/m1/s1. The largest absolute Gasteiger partial charge is 0.324 e. The van der Waals surface area contributed by atoms with E-state index < -0.39 is 27.6 Å². The molecular formula is C20H19F2N5O2S. The summed E-state index contributed by atoms with van der Waals surface area (Å²) in [5.74, 6) is -1.93. The highest BCUT2D eigenvalue weighted by Gasteiger charge is 2.32. The van der Waals surface area contributed by atoms with E-state index in [1.165, 1.54) is 18.2 Å². The maximum atomic E-state index is 14.8. The Labute approximate surface area is 172 Å². The Hall–Kier alpha value is -3.27. The lowest BCUT2D eigenvalue weighted by molar-refractivity contribution is 0.577. The third-order valence-electron chi connectivity index (χ3n) is 4.89. The molecule has 0 unspecified atom stereocenters. The summed E-state index contributed by atoms with van der Waals surface area (Å²) in [5, 5.41) is 7.06. The van der Waals surface area contributed by atoms with Crippen molar-refractivity contribution >= 4 is 21.7 Å². The first-order valence-electron chi connectivity index (χ1n) is 9.16. The monoisotopic (exact) mass is 431 g/mol. The summed E-state index contributed by atoms with van der Waals surface area (Å²) < 4.78 is 58.6. The number of nitrogens with one attached hydrogen (secondary N) is 2. The number of aliphatic imine (C=N–C) groups is 1. The van der Waals surface area contributed by atoms with Crippen molar-refractivity contribution in [3.8, 4) is 0 Å². The Bertz CT molecular complexity index is 1250. The minimum Gasteiger partial charge on any atom is -0.324 e. The number of sulfonamides is 1. The van der Waals surface area contributed by atoms with E-state index in [0.717, 1.165) is 6.07 Å². The SMILES string of the molecule is C[C@H](c1ccccc1F)c1c(F)ccc2c1NC(=NCc1ccn(C)n1)NS2(=O)=O. The zero-order valence-electron chi connectivity index (χ0n) is 16.2. The third-order valence-corrected chi connectivity index (χ3v) is 6.27. The van der Waals surface area contributed by atoms with Gasteiger partial charge < -0.3 is 5.32 Å². The minimum absolute atomic E-state index is 0.0456. The number of halogens is 2. The summed E-state index contributed by atoms with van der Waals surface area (Å²) in [7, 11) is -2.23. The molecule has 10 heteroatoms. The van der Waals surface area contributed by atoms with Gasteiger partial charge in [0, 0.05) is 24.7 Å². The molecule has 0 bridgehead atoms. The maximum absolute atomic E-state index is 14.8. The van der Waals surface area contributed by atoms with Crippen LogP contribution in [0.4, 0.5) is 14.5 Å². The van der Waals surface area contributed by atoms with Gasteiger partial charge in [0.15, 0.2) is 0 Å². The molecule has 0 spiro atoms. The van der Waals surface area contributed by atoms with E-state index >= 15 is 0 Å². The van der Waals surface area contributed by atoms with Crippen molar-refractivity contribution in [3.05, 3.63) is 77.1 Å². The lowest BCUT2D eigenvalue weighted by Crippen LogP contribution is -2.41. The molecule has 30 heavy (non-hydrogen) atoms. The summed E-state index contributed by atoms with van der Waals surface area (Å²) in [6, 6.07) is 10.0. The second-order valence-corrected chi connectivity index (χ2v) is 8.60. The fraction of sp³-hybridized carbons (Fsp3) is 0.200. The van der Waals surface area contributed by atoms with Crippen LogP contribution in [0, 0.1) is 11.6 Å². The van der Waals surface area contributed by atoms with Crippen molar-refractivity contribution in [1.82, 2.24) is 14.5 Å². The molecule has 1 aromatic heterocycles. The fourth-order valence-corrected chi connectivity index (χ4v) is 4.59. The van der Waals surface area contributed by atoms with Crippen molar-refractivity contribution in [2.45, 2.75) is 24.3 Å². The number of hydrogen-bond donors (Lipinski definition) is 2. The molecule has 2 N–H and O–H groups in total. The fourth-order valence-electron chi connectivity index (χ4n) is 3.44. The summed E-state index contributed by atoms with van der Waals surface area (Å²) in [4.78, 5) is 4.10. The number of hydrogen-bond acceptors (Lipinski definition) is 4. The highest BCUT2D eigenvalue weighted by Crippen LogP contribution is 2.38. The van der Waals surface area contributed by atoms with Crippen LogP contribution in [0.3, 0.4) is 0 Å². The molecule has 0 amide bonds. The van der Waals surface area contributed by atoms with E-state index in [2.05, 4.69) is 20.1 Å². The van der Waals surface area contributed by atoms with E-state index in [9.17, 15) is 17.2 Å².